The molecule has 2 saturated heterocycles. The second-order valence-corrected chi connectivity index (χ2v) is 14.8. The molecule has 0 atom stereocenters. The third kappa shape index (κ3) is 8.03. The number of piperazine rings is 1. The predicted molar refractivity (Wildman–Crippen MR) is 180 cm³/mol. The summed E-state index contributed by atoms with van der Waals surface area (Å²) >= 11 is 1.06. The van der Waals surface area contributed by atoms with E-state index in [2.05, 4.69) is 45.3 Å². The van der Waals surface area contributed by atoms with Gasteiger partial charge in [-0.05, 0) is 69.9 Å². The number of nitrogens with one attached hydrogen (secondary N) is 1. The predicted octanol–water partition coefficient (Wildman–Crippen LogP) is 6.22. The summed E-state index contributed by atoms with van der Waals surface area (Å²) in [5.74, 6) is 0.619. The van der Waals surface area contributed by atoms with Crippen molar-refractivity contribution in [3.05, 3.63) is 52.8 Å². The average Bonchev–Trinajstić information content (AvgIpc) is 3.62. The Hall–Kier alpha value is -3.91. The van der Waals surface area contributed by atoms with Gasteiger partial charge in [-0.15, -0.1) is 11.3 Å². The number of aromatic nitrogens is 3. The van der Waals surface area contributed by atoms with Crippen molar-refractivity contribution in [1.29, 1.82) is 0 Å². The van der Waals surface area contributed by atoms with Crippen LogP contribution >= 0.6 is 11.3 Å². The molecule has 0 spiro atoms. The smallest absolute Gasteiger partial charge is 0.410 e. The fourth-order valence-corrected chi connectivity index (χ4v) is 7.49. The number of nitrogens with zero attached hydrogens (tertiary/aromatic N) is 6. The fourth-order valence-electron chi connectivity index (χ4n) is 6.46. The number of hydrogen-bond acceptors (Lipinski definition) is 8. The lowest BCUT2D eigenvalue weighted by Gasteiger charge is -2.35. The number of halogens is 3. The number of aryl methyl sites for hydroxylation is 1. The first-order chi connectivity index (χ1) is 22.7. The van der Waals surface area contributed by atoms with Gasteiger partial charge in [-0.2, -0.15) is 13.2 Å². The van der Waals surface area contributed by atoms with Crippen LogP contribution in [0.3, 0.4) is 0 Å². The molecule has 14 heteroatoms. The third-order valence-corrected chi connectivity index (χ3v) is 10.0. The van der Waals surface area contributed by atoms with E-state index in [1.165, 1.54) is 17.5 Å². The van der Waals surface area contributed by atoms with Gasteiger partial charge < -0.3 is 24.4 Å². The summed E-state index contributed by atoms with van der Waals surface area (Å²) in [5.41, 5.74) is 2.90. The maximum Gasteiger partial charge on any atom is 0.410 e. The lowest BCUT2D eigenvalue weighted by molar-refractivity contribution is -0.133. The highest BCUT2D eigenvalue weighted by Gasteiger charge is 2.30. The second-order valence-electron chi connectivity index (χ2n) is 13.7. The minimum Gasteiger partial charge on any atom is -0.444 e. The Balaban J connectivity index is 1.02. The van der Waals surface area contributed by atoms with Crippen LogP contribution in [0.4, 0.5) is 23.8 Å². The number of carbonyl (C=O) groups excluding carboxylic acids is 2. The van der Waals surface area contributed by atoms with Gasteiger partial charge in [0, 0.05) is 73.8 Å². The molecule has 258 valence electrons. The molecule has 0 saturated carbocycles. The number of rotatable bonds is 7. The van der Waals surface area contributed by atoms with Gasteiger partial charge in [0.1, 0.15) is 29.1 Å². The zero-order valence-corrected chi connectivity index (χ0v) is 28.6. The van der Waals surface area contributed by atoms with Crippen LogP contribution in [-0.4, -0.2) is 98.3 Å². The maximum atomic E-state index is 13.2. The monoisotopic (exact) mass is 685 g/mol. The third-order valence-electron chi connectivity index (χ3n) is 9.00. The minimum atomic E-state index is -4.26. The average molecular weight is 686 g/mol. The van der Waals surface area contributed by atoms with E-state index in [0.29, 0.717) is 42.2 Å². The summed E-state index contributed by atoms with van der Waals surface area (Å²) in [7, 11) is 0. The number of anilines is 1. The molecule has 6 rings (SSSR count). The zero-order valence-electron chi connectivity index (χ0n) is 27.8. The number of carbonyl (C=O) groups is 2. The van der Waals surface area contributed by atoms with E-state index >= 15 is 0 Å². The first-order valence-corrected chi connectivity index (χ1v) is 17.2. The summed E-state index contributed by atoms with van der Waals surface area (Å²) in [6.07, 6.45) is -0.417. The van der Waals surface area contributed by atoms with Crippen LogP contribution in [0.15, 0.2) is 36.8 Å². The Morgan fingerprint density at radius 2 is 1.69 bits per heavy atom. The van der Waals surface area contributed by atoms with Crippen LogP contribution < -0.4 is 5.32 Å². The lowest BCUT2D eigenvalue weighted by Crippen LogP contribution is -2.52. The largest absolute Gasteiger partial charge is 0.444 e. The van der Waals surface area contributed by atoms with Gasteiger partial charge in [0.2, 0.25) is 5.91 Å². The molecular weight excluding hydrogens is 643 g/mol. The normalized spacial score (nSPS) is 17.0. The number of benzene rings is 1. The van der Waals surface area contributed by atoms with Gasteiger partial charge in [-0.25, -0.2) is 14.8 Å². The highest BCUT2D eigenvalue weighted by atomic mass is 32.1. The highest BCUT2D eigenvalue weighted by Crippen LogP contribution is 2.33. The molecule has 2 amide bonds. The van der Waals surface area contributed by atoms with E-state index in [9.17, 15) is 22.8 Å². The van der Waals surface area contributed by atoms with Crippen molar-refractivity contribution in [3.63, 3.8) is 0 Å². The van der Waals surface area contributed by atoms with Crippen molar-refractivity contribution >= 4 is 50.3 Å². The van der Waals surface area contributed by atoms with Crippen molar-refractivity contribution < 1.29 is 27.5 Å². The first-order valence-electron chi connectivity index (χ1n) is 16.3. The van der Waals surface area contributed by atoms with Crippen molar-refractivity contribution in [2.45, 2.75) is 77.9 Å². The van der Waals surface area contributed by atoms with Crippen molar-refractivity contribution in [1.82, 2.24) is 29.2 Å². The SMILES string of the molecule is Cc1c(CN2CCC(Nc3ncnc4sc(CC(F)(F)F)cc34)CC2)ccc2c1ccn2CC(=O)N1CCN(C(=O)OC(C)(C)C)CC1. The maximum absolute atomic E-state index is 13.2. The molecule has 0 bridgehead atoms. The van der Waals surface area contributed by atoms with Crippen LogP contribution in [0, 0.1) is 6.92 Å². The quantitative estimate of drug-likeness (QED) is 0.247. The van der Waals surface area contributed by atoms with Gasteiger partial charge in [-0.3, -0.25) is 9.69 Å². The second kappa shape index (κ2) is 13.5. The van der Waals surface area contributed by atoms with Crippen LogP contribution in [0.1, 0.15) is 49.6 Å². The Labute approximate surface area is 281 Å². The van der Waals surface area contributed by atoms with E-state index < -0.39 is 18.2 Å². The van der Waals surface area contributed by atoms with Crippen LogP contribution in [-0.2, 0) is 29.0 Å². The van der Waals surface area contributed by atoms with Gasteiger partial charge in [0.05, 0.1) is 11.8 Å². The highest BCUT2D eigenvalue weighted by molar-refractivity contribution is 7.18. The molecular formula is C34H42F3N7O3S. The van der Waals surface area contributed by atoms with Crippen molar-refractivity contribution in [2.24, 2.45) is 0 Å². The van der Waals surface area contributed by atoms with E-state index in [1.807, 2.05) is 36.4 Å². The number of ether oxygens (including phenoxy) is 1. The topological polar surface area (TPSA) is 95.8 Å². The Bertz CT molecular complexity index is 1780. The van der Waals surface area contributed by atoms with Crippen LogP contribution in [0.25, 0.3) is 21.1 Å². The zero-order chi connectivity index (χ0) is 34.2. The molecule has 5 heterocycles. The molecule has 0 radical (unpaired) electrons. The molecule has 4 aromatic rings. The Morgan fingerprint density at radius 1 is 0.979 bits per heavy atom. The lowest BCUT2D eigenvalue weighted by atomic mass is 10.0. The molecule has 0 aliphatic carbocycles. The number of hydrogen-bond donors (Lipinski definition) is 1. The van der Waals surface area contributed by atoms with E-state index in [1.54, 1.807) is 11.0 Å². The van der Waals surface area contributed by atoms with Gasteiger partial charge >= 0.3 is 12.3 Å². The van der Waals surface area contributed by atoms with Gasteiger partial charge in [-0.1, -0.05) is 6.07 Å². The summed E-state index contributed by atoms with van der Waals surface area (Å²) in [6.45, 7) is 12.3. The molecule has 2 fully saturated rings. The number of fused-ring (bicyclic) bond motifs is 2. The summed E-state index contributed by atoms with van der Waals surface area (Å²) < 4.78 is 46.3. The summed E-state index contributed by atoms with van der Waals surface area (Å²) in [4.78, 5) is 40.8. The molecule has 2 aliphatic heterocycles. The van der Waals surface area contributed by atoms with Gasteiger partial charge in [0.15, 0.2) is 0 Å². The van der Waals surface area contributed by atoms with Crippen molar-refractivity contribution in [2.75, 3.05) is 44.6 Å². The summed E-state index contributed by atoms with van der Waals surface area (Å²) in [6, 6.07) is 8.04. The van der Waals surface area contributed by atoms with E-state index in [4.69, 9.17) is 4.74 Å². The Kier molecular flexibility index (Phi) is 9.58. The van der Waals surface area contributed by atoms with Crippen LogP contribution in [0.2, 0.25) is 0 Å². The molecule has 0 unspecified atom stereocenters. The Morgan fingerprint density at radius 3 is 2.38 bits per heavy atom. The summed E-state index contributed by atoms with van der Waals surface area (Å²) in [5, 5.41) is 5.23. The van der Waals surface area contributed by atoms with Gasteiger partial charge in [0.25, 0.3) is 0 Å². The number of piperidine rings is 1. The molecule has 1 aromatic carbocycles. The molecule has 10 nitrogen and oxygen atoms in total. The van der Waals surface area contributed by atoms with Crippen molar-refractivity contribution in [3.8, 4) is 0 Å². The number of thiophene rings is 1. The van der Waals surface area contributed by atoms with Crippen LogP contribution in [0.5, 0.6) is 0 Å². The first kappa shape index (κ1) is 34.0. The minimum absolute atomic E-state index is 0.0259. The number of likely N-dealkylation sites (tertiary alicyclic amines) is 1. The fraction of sp³-hybridized carbons (Fsp3) is 0.529. The van der Waals surface area contributed by atoms with E-state index in [0.717, 1.165) is 54.7 Å². The molecule has 48 heavy (non-hydrogen) atoms. The number of alkyl halides is 3. The standard InChI is InChI=1S/C34H42F3N7O3S/c1-22-23(19-41-10-7-24(8-11-41)40-30-27-17-25(18-34(35,36)37)48-31(27)39-21-38-30)5-6-28-26(22)9-12-44(28)20-29(45)42-13-15-43(16-14-42)32(46)47-33(2,3)4/h5-6,9,12,17,21,24H,7-8,10-11,13-16,18-20H2,1-4H3,(H,38,39,40). The number of amides is 2. The molecule has 2 aliphatic rings. The van der Waals surface area contributed by atoms with E-state index in [-0.39, 0.29) is 29.5 Å². The molecule has 1 N–H and O–H groups in total. The molecule has 3 aromatic heterocycles.